The number of aliphatic carboxylic acids is 1. The molecular formula is C14H18N2O3. The molecule has 3 N–H and O–H groups in total. The van der Waals surface area contributed by atoms with Crippen LogP contribution in [0.15, 0.2) is 30.3 Å². The first kappa shape index (κ1) is 13.5. The van der Waals surface area contributed by atoms with E-state index in [0.29, 0.717) is 5.69 Å². The zero-order valence-electron chi connectivity index (χ0n) is 10.9. The van der Waals surface area contributed by atoms with Gasteiger partial charge in [0.15, 0.2) is 0 Å². The Morgan fingerprint density at radius 1 is 1.37 bits per heavy atom. The van der Waals surface area contributed by atoms with Crippen LogP contribution in [-0.4, -0.2) is 29.1 Å². The van der Waals surface area contributed by atoms with Crippen LogP contribution in [-0.2, 0) is 9.59 Å². The molecule has 5 heteroatoms. The van der Waals surface area contributed by atoms with Crippen LogP contribution in [0, 0.1) is 5.92 Å². The first-order valence-corrected chi connectivity index (χ1v) is 6.30. The maximum Gasteiger partial charge on any atom is 0.323 e. The Morgan fingerprint density at radius 2 is 1.95 bits per heavy atom. The Kier molecular flexibility index (Phi) is 3.57. The van der Waals surface area contributed by atoms with Gasteiger partial charge in [-0.15, -0.1) is 0 Å². The number of anilines is 1. The lowest BCUT2D eigenvalue weighted by molar-refractivity contribution is -0.137. The monoisotopic (exact) mass is 262 g/mol. The summed E-state index contributed by atoms with van der Waals surface area (Å²) < 4.78 is 0. The molecule has 1 amide bonds. The van der Waals surface area contributed by atoms with Gasteiger partial charge in [0.1, 0.15) is 6.54 Å². The van der Waals surface area contributed by atoms with Gasteiger partial charge in [0, 0.05) is 5.69 Å². The quantitative estimate of drug-likeness (QED) is 0.836. The molecular weight excluding hydrogens is 244 g/mol. The van der Waals surface area contributed by atoms with Crippen molar-refractivity contribution in [1.82, 2.24) is 0 Å². The Morgan fingerprint density at radius 3 is 2.42 bits per heavy atom. The highest BCUT2D eigenvalue weighted by Crippen LogP contribution is 2.39. The number of hydrogen-bond acceptors (Lipinski definition) is 3. The van der Waals surface area contributed by atoms with Crippen LogP contribution in [0.2, 0.25) is 0 Å². The average Bonchev–Trinajstić information content (AvgIpc) is 3.20. The van der Waals surface area contributed by atoms with Gasteiger partial charge in [-0.1, -0.05) is 18.2 Å². The summed E-state index contributed by atoms with van der Waals surface area (Å²) in [5, 5.41) is 8.98. The summed E-state index contributed by atoms with van der Waals surface area (Å²) >= 11 is 0. The van der Waals surface area contributed by atoms with Crippen LogP contribution in [0.5, 0.6) is 0 Å². The number of amides is 1. The van der Waals surface area contributed by atoms with Gasteiger partial charge >= 0.3 is 5.97 Å². The van der Waals surface area contributed by atoms with Gasteiger partial charge in [-0.05, 0) is 37.8 Å². The van der Waals surface area contributed by atoms with Crippen LogP contribution < -0.4 is 10.6 Å². The van der Waals surface area contributed by atoms with Gasteiger partial charge in [-0.3, -0.25) is 14.5 Å². The summed E-state index contributed by atoms with van der Waals surface area (Å²) in [5.41, 5.74) is 5.66. The number of hydrogen-bond donors (Lipinski definition) is 2. The van der Waals surface area contributed by atoms with Crippen LogP contribution in [0.1, 0.15) is 19.8 Å². The number of carbonyl (C=O) groups is 2. The van der Waals surface area contributed by atoms with Crippen LogP contribution >= 0.6 is 0 Å². The second kappa shape index (κ2) is 5.01. The van der Waals surface area contributed by atoms with E-state index in [2.05, 4.69) is 0 Å². The number of para-hydroxylation sites is 1. The Balaban J connectivity index is 2.27. The van der Waals surface area contributed by atoms with Crippen molar-refractivity contribution in [3.63, 3.8) is 0 Å². The number of nitrogens with zero attached hydrogens (tertiary/aromatic N) is 1. The van der Waals surface area contributed by atoms with E-state index in [9.17, 15) is 9.59 Å². The summed E-state index contributed by atoms with van der Waals surface area (Å²) in [7, 11) is 0. The van der Waals surface area contributed by atoms with Crippen LogP contribution in [0.3, 0.4) is 0 Å². The normalized spacial score (nSPS) is 17.6. The summed E-state index contributed by atoms with van der Waals surface area (Å²) in [6, 6.07) is 8.77. The minimum Gasteiger partial charge on any atom is -0.480 e. The minimum atomic E-state index is -1.05. The van der Waals surface area contributed by atoms with Crippen molar-refractivity contribution < 1.29 is 14.7 Å². The third-order valence-corrected chi connectivity index (χ3v) is 3.49. The molecule has 0 aromatic heterocycles. The lowest BCUT2D eigenvalue weighted by Gasteiger charge is -2.31. The minimum absolute atomic E-state index is 0.153. The molecule has 0 bridgehead atoms. The van der Waals surface area contributed by atoms with Crippen molar-refractivity contribution >= 4 is 17.6 Å². The van der Waals surface area contributed by atoms with E-state index in [1.54, 1.807) is 31.2 Å². The topological polar surface area (TPSA) is 83.6 Å². The van der Waals surface area contributed by atoms with Gasteiger partial charge in [-0.25, -0.2) is 0 Å². The fraction of sp³-hybridized carbons (Fsp3) is 0.429. The number of nitrogens with two attached hydrogens (primary N) is 1. The maximum absolute atomic E-state index is 12.5. The molecule has 1 saturated carbocycles. The molecule has 5 nitrogen and oxygen atoms in total. The van der Waals surface area contributed by atoms with E-state index in [4.69, 9.17) is 10.8 Å². The molecule has 0 saturated heterocycles. The van der Waals surface area contributed by atoms with Gasteiger partial charge < -0.3 is 10.8 Å². The van der Waals surface area contributed by atoms with Gasteiger partial charge in [0.25, 0.3) is 0 Å². The Labute approximate surface area is 112 Å². The van der Waals surface area contributed by atoms with Crippen molar-refractivity contribution in [1.29, 1.82) is 0 Å². The van der Waals surface area contributed by atoms with Gasteiger partial charge in [0.2, 0.25) is 5.91 Å². The molecule has 102 valence electrons. The summed E-state index contributed by atoms with van der Waals surface area (Å²) in [6.07, 6.45) is 1.85. The second-order valence-electron chi connectivity index (χ2n) is 5.18. The number of carbonyl (C=O) groups excluding carboxylic acids is 1. The van der Waals surface area contributed by atoms with Crippen molar-refractivity contribution in [2.24, 2.45) is 11.7 Å². The largest absolute Gasteiger partial charge is 0.480 e. The van der Waals surface area contributed by atoms with Crippen molar-refractivity contribution in [3.8, 4) is 0 Å². The van der Waals surface area contributed by atoms with E-state index in [-0.39, 0.29) is 18.4 Å². The summed E-state index contributed by atoms with van der Waals surface area (Å²) in [5.74, 6) is -1.23. The lowest BCUT2D eigenvalue weighted by atomic mass is 9.95. The predicted molar refractivity (Wildman–Crippen MR) is 71.7 cm³/mol. The van der Waals surface area contributed by atoms with E-state index >= 15 is 0 Å². The molecule has 1 aromatic carbocycles. The molecule has 0 aliphatic heterocycles. The maximum atomic E-state index is 12.5. The predicted octanol–water partition coefficient (Wildman–Crippen LogP) is 1.23. The van der Waals surface area contributed by atoms with Gasteiger partial charge in [-0.2, -0.15) is 0 Å². The number of carboxylic acid groups (broad SMARTS) is 1. The Hall–Kier alpha value is -1.88. The molecule has 0 spiro atoms. The molecule has 1 fully saturated rings. The van der Waals surface area contributed by atoms with E-state index in [1.165, 1.54) is 4.90 Å². The Bertz CT molecular complexity index is 481. The van der Waals surface area contributed by atoms with E-state index < -0.39 is 11.5 Å². The van der Waals surface area contributed by atoms with Crippen molar-refractivity contribution in [2.75, 3.05) is 11.4 Å². The molecule has 0 radical (unpaired) electrons. The smallest absolute Gasteiger partial charge is 0.323 e. The molecule has 1 aliphatic rings. The standard InChI is InChI=1S/C14H18N2O3/c1-14(15,10-7-8-10)13(19)16(9-12(17)18)11-5-3-2-4-6-11/h2-6,10H,7-9,15H2,1H3,(H,17,18). The number of rotatable bonds is 5. The zero-order chi connectivity index (χ0) is 14.0. The summed E-state index contributed by atoms with van der Waals surface area (Å²) in [4.78, 5) is 24.7. The van der Waals surface area contributed by atoms with Gasteiger partial charge in [0.05, 0.1) is 5.54 Å². The third-order valence-electron chi connectivity index (χ3n) is 3.49. The molecule has 19 heavy (non-hydrogen) atoms. The molecule has 1 aliphatic carbocycles. The summed E-state index contributed by atoms with van der Waals surface area (Å²) in [6.45, 7) is 1.31. The fourth-order valence-electron chi connectivity index (χ4n) is 2.17. The SMILES string of the molecule is CC(N)(C(=O)N(CC(=O)O)c1ccccc1)C1CC1. The highest BCUT2D eigenvalue weighted by Gasteiger charge is 2.46. The third kappa shape index (κ3) is 2.93. The van der Waals surface area contributed by atoms with Crippen molar-refractivity contribution in [3.05, 3.63) is 30.3 Å². The molecule has 2 rings (SSSR count). The van der Waals surface area contributed by atoms with Crippen molar-refractivity contribution in [2.45, 2.75) is 25.3 Å². The zero-order valence-corrected chi connectivity index (χ0v) is 10.9. The first-order chi connectivity index (χ1) is 8.93. The fourth-order valence-corrected chi connectivity index (χ4v) is 2.17. The van der Waals surface area contributed by atoms with Crippen LogP contribution in [0.25, 0.3) is 0 Å². The number of benzene rings is 1. The number of carboxylic acids is 1. The molecule has 1 atom stereocenters. The first-order valence-electron chi connectivity index (χ1n) is 6.30. The van der Waals surface area contributed by atoms with E-state index in [0.717, 1.165) is 12.8 Å². The van der Waals surface area contributed by atoms with E-state index in [1.807, 2.05) is 6.07 Å². The molecule has 0 heterocycles. The second-order valence-corrected chi connectivity index (χ2v) is 5.18. The highest BCUT2D eigenvalue weighted by molar-refractivity contribution is 6.03. The van der Waals surface area contributed by atoms with Crippen LogP contribution in [0.4, 0.5) is 5.69 Å². The highest BCUT2D eigenvalue weighted by atomic mass is 16.4. The molecule has 1 unspecified atom stereocenters. The average molecular weight is 262 g/mol. The lowest BCUT2D eigenvalue weighted by Crippen LogP contribution is -2.56. The molecule has 1 aromatic rings.